The molecular formula is C45H44N8O5S. The van der Waals surface area contributed by atoms with Crippen LogP contribution in [0.25, 0.3) is 44.1 Å². The second-order valence-corrected chi connectivity index (χ2v) is 16.8. The number of benzene rings is 4. The van der Waals surface area contributed by atoms with E-state index in [2.05, 4.69) is 32.8 Å². The van der Waals surface area contributed by atoms with Gasteiger partial charge in [-0.25, -0.2) is 13.1 Å². The maximum atomic E-state index is 13.4. The van der Waals surface area contributed by atoms with Gasteiger partial charge in [0.1, 0.15) is 0 Å². The number of hydrogen-bond donors (Lipinski definition) is 4. The fourth-order valence-electron chi connectivity index (χ4n) is 7.32. The van der Waals surface area contributed by atoms with Crippen molar-refractivity contribution in [3.05, 3.63) is 108 Å². The standard InChI is InChI=1S/C45H44N8O5S/c1-27(2)59(55,56)53-20-19-49-40-26-52-42-33(8-6-10-35(42)44(40)58-4)30-15-16-31(24-47)36(21-30)37-22-38(37)45(54)50-18-17-48-39-25-51-41-32(7-5-9-34(41)43(39)57-3)29-13-11-28(23-46)12-14-29/h5-16,21,25-27,37-38,48-49,53H,17-20,22H2,1-4H3,(H,50,54). The van der Waals surface area contributed by atoms with Gasteiger partial charge >= 0.3 is 0 Å². The molecule has 0 radical (unpaired) electrons. The van der Waals surface area contributed by atoms with Gasteiger partial charge in [0.25, 0.3) is 0 Å². The highest BCUT2D eigenvalue weighted by atomic mass is 32.2. The molecule has 1 aliphatic rings. The van der Waals surface area contributed by atoms with Gasteiger partial charge in [0.05, 0.1) is 77.5 Å². The van der Waals surface area contributed by atoms with Gasteiger partial charge in [0, 0.05) is 54.0 Å². The summed E-state index contributed by atoms with van der Waals surface area (Å²) in [6, 6.07) is 29.2. The van der Waals surface area contributed by atoms with Crippen LogP contribution >= 0.6 is 0 Å². The van der Waals surface area contributed by atoms with Crippen LogP contribution in [0.1, 0.15) is 42.9 Å². The zero-order valence-corrected chi connectivity index (χ0v) is 34.0. The van der Waals surface area contributed by atoms with E-state index in [0.717, 1.165) is 44.1 Å². The van der Waals surface area contributed by atoms with Gasteiger partial charge < -0.3 is 25.4 Å². The van der Waals surface area contributed by atoms with Crippen LogP contribution in [-0.2, 0) is 14.8 Å². The Labute approximate surface area is 343 Å². The summed E-state index contributed by atoms with van der Waals surface area (Å²) in [5.41, 5.74) is 8.32. The molecule has 59 heavy (non-hydrogen) atoms. The highest BCUT2D eigenvalue weighted by molar-refractivity contribution is 7.90. The van der Waals surface area contributed by atoms with Crippen LogP contribution in [-0.4, -0.2) is 69.9 Å². The molecule has 0 spiro atoms. The summed E-state index contributed by atoms with van der Waals surface area (Å²) in [4.78, 5) is 22.9. The average Bonchev–Trinajstić information content (AvgIpc) is 4.07. The predicted molar refractivity (Wildman–Crippen MR) is 230 cm³/mol. The number of carbonyl (C=O) groups is 1. The molecule has 1 fully saturated rings. The predicted octanol–water partition coefficient (Wildman–Crippen LogP) is 6.95. The summed E-state index contributed by atoms with van der Waals surface area (Å²) in [6.07, 6.45) is 4.03. The van der Waals surface area contributed by atoms with E-state index in [1.165, 1.54) is 0 Å². The van der Waals surface area contributed by atoms with Gasteiger partial charge in [0.15, 0.2) is 11.5 Å². The lowest BCUT2D eigenvalue weighted by molar-refractivity contribution is -0.122. The highest BCUT2D eigenvalue weighted by Gasteiger charge is 2.45. The van der Waals surface area contributed by atoms with E-state index < -0.39 is 15.3 Å². The van der Waals surface area contributed by atoms with E-state index in [9.17, 15) is 23.7 Å². The van der Waals surface area contributed by atoms with E-state index in [-0.39, 0.29) is 24.3 Å². The summed E-state index contributed by atoms with van der Waals surface area (Å²) in [5, 5.41) is 29.9. The largest absolute Gasteiger partial charge is 0.494 e. The first-order chi connectivity index (χ1) is 28.6. The molecule has 4 N–H and O–H groups in total. The molecule has 300 valence electrons. The second-order valence-electron chi connectivity index (χ2n) is 14.5. The smallest absolute Gasteiger partial charge is 0.223 e. The van der Waals surface area contributed by atoms with Crippen molar-refractivity contribution in [1.29, 1.82) is 10.5 Å². The van der Waals surface area contributed by atoms with Crippen LogP contribution in [0.2, 0.25) is 0 Å². The minimum Gasteiger partial charge on any atom is -0.494 e. The molecule has 6 aromatic rings. The van der Waals surface area contributed by atoms with E-state index in [1.807, 2.05) is 60.7 Å². The lowest BCUT2D eigenvalue weighted by atomic mass is 9.94. The third-order valence-corrected chi connectivity index (χ3v) is 12.4. The Bertz CT molecular complexity index is 2740. The minimum atomic E-state index is -3.38. The lowest BCUT2D eigenvalue weighted by Crippen LogP contribution is -2.34. The number of anilines is 2. The number of para-hydroxylation sites is 2. The van der Waals surface area contributed by atoms with Crippen molar-refractivity contribution in [2.75, 3.05) is 51.0 Å². The number of rotatable bonds is 16. The lowest BCUT2D eigenvalue weighted by Gasteiger charge is -2.16. The minimum absolute atomic E-state index is 0.0737. The van der Waals surface area contributed by atoms with Gasteiger partial charge in [-0.2, -0.15) is 10.5 Å². The summed E-state index contributed by atoms with van der Waals surface area (Å²) < 4.78 is 38.5. The third kappa shape index (κ3) is 8.46. The van der Waals surface area contributed by atoms with Crippen molar-refractivity contribution >= 4 is 49.1 Å². The molecule has 4 aromatic carbocycles. The molecule has 2 heterocycles. The van der Waals surface area contributed by atoms with Gasteiger partial charge in [-0.05, 0) is 79.3 Å². The van der Waals surface area contributed by atoms with Crippen LogP contribution in [0, 0.1) is 28.6 Å². The van der Waals surface area contributed by atoms with Gasteiger partial charge in [-0.3, -0.25) is 14.8 Å². The first-order valence-corrected chi connectivity index (χ1v) is 20.8. The molecule has 0 aliphatic heterocycles. The molecule has 2 unspecified atom stereocenters. The molecule has 13 nitrogen and oxygen atoms in total. The Balaban J connectivity index is 1.01. The second kappa shape index (κ2) is 17.4. The zero-order valence-electron chi connectivity index (χ0n) is 33.2. The Kier molecular flexibility index (Phi) is 11.9. The van der Waals surface area contributed by atoms with E-state index in [4.69, 9.17) is 19.4 Å². The first-order valence-electron chi connectivity index (χ1n) is 19.3. The molecule has 14 heteroatoms. The average molecular weight is 809 g/mol. The molecule has 0 bridgehead atoms. The Hall–Kier alpha value is -6.74. The monoisotopic (exact) mass is 808 g/mol. The number of nitrogens with one attached hydrogen (secondary N) is 4. The Morgan fingerprint density at radius 3 is 1.92 bits per heavy atom. The first kappa shape index (κ1) is 40.5. The zero-order chi connectivity index (χ0) is 41.7. The van der Waals surface area contributed by atoms with E-state index in [1.54, 1.807) is 58.7 Å². The van der Waals surface area contributed by atoms with Crippen molar-refractivity contribution in [3.8, 4) is 45.9 Å². The maximum Gasteiger partial charge on any atom is 0.223 e. The number of sulfonamides is 1. The SMILES string of the molecule is COc1c(NCCNC(=O)C2CC2c2cc(-c3cccc4c(OC)c(NCCNS(=O)(=O)C(C)C)cnc34)ccc2C#N)cnc2c(-c3ccc(C#N)cc3)cccc12. The molecule has 7 rings (SSSR count). The number of nitriles is 2. The third-order valence-electron chi connectivity index (χ3n) is 10.5. The summed E-state index contributed by atoms with van der Waals surface area (Å²) in [6.45, 7) is 4.60. The fraction of sp³-hybridized carbons (Fsp3) is 0.267. The Morgan fingerprint density at radius 2 is 1.36 bits per heavy atom. The molecule has 1 amide bonds. The number of aromatic nitrogens is 2. The molecule has 1 aliphatic carbocycles. The quantitative estimate of drug-likeness (QED) is 0.0741. The highest BCUT2D eigenvalue weighted by Crippen LogP contribution is 2.50. The number of fused-ring (bicyclic) bond motifs is 2. The van der Waals surface area contributed by atoms with Crippen LogP contribution in [0.4, 0.5) is 11.4 Å². The van der Waals surface area contributed by atoms with Crippen molar-refractivity contribution in [1.82, 2.24) is 20.0 Å². The van der Waals surface area contributed by atoms with E-state index in [0.29, 0.717) is 65.6 Å². The topological polar surface area (TPSA) is 191 Å². The van der Waals surface area contributed by atoms with Crippen molar-refractivity contribution in [3.63, 3.8) is 0 Å². The summed E-state index contributed by atoms with van der Waals surface area (Å²) in [5.74, 6) is 0.781. The van der Waals surface area contributed by atoms with Gasteiger partial charge in [-0.15, -0.1) is 0 Å². The van der Waals surface area contributed by atoms with Gasteiger partial charge in [-0.1, -0.05) is 42.5 Å². The van der Waals surface area contributed by atoms with Gasteiger partial charge in [0.2, 0.25) is 15.9 Å². The molecule has 0 saturated heterocycles. The molecular weight excluding hydrogens is 765 g/mol. The molecule has 1 saturated carbocycles. The number of methoxy groups -OCH3 is 2. The number of nitrogens with zero attached hydrogens (tertiary/aromatic N) is 4. The van der Waals surface area contributed by atoms with Crippen LogP contribution in [0.5, 0.6) is 11.5 Å². The van der Waals surface area contributed by atoms with Crippen molar-refractivity contribution in [2.24, 2.45) is 5.92 Å². The van der Waals surface area contributed by atoms with Crippen LogP contribution in [0.3, 0.4) is 0 Å². The van der Waals surface area contributed by atoms with Crippen LogP contribution in [0.15, 0.2) is 91.3 Å². The van der Waals surface area contributed by atoms with E-state index >= 15 is 0 Å². The Morgan fingerprint density at radius 1 is 0.780 bits per heavy atom. The number of hydrogen-bond acceptors (Lipinski definition) is 11. The normalized spacial score (nSPS) is 14.7. The number of ether oxygens (including phenoxy) is 2. The number of pyridine rings is 2. The maximum absolute atomic E-state index is 13.4. The fourth-order valence-corrected chi connectivity index (χ4v) is 8.04. The van der Waals surface area contributed by atoms with Crippen molar-refractivity contribution < 1.29 is 22.7 Å². The summed E-state index contributed by atoms with van der Waals surface area (Å²) in [7, 11) is -0.190. The molecule has 2 atom stereocenters. The van der Waals surface area contributed by atoms with Crippen LogP contribution < -0.4 is 30.1 Å². The summed E-state index contributed by atoms with van der Waals surface area (Å²) >= 11 is 0. The number of amides is 1. The van der Waals surface area contributed by atoms with Crippen molar-refractivity contribution in [2.45, 2.75) is 31.4 Å². The number of carbonyl (C=O) groups excluding carboxylic acids is 1. The molecule has 2 aromatic heterocycles.